The normalized spacial score (nSPS) is 45.6. The summed E-state index contributed by atoms with van der Waals surface area (Å²) in [5.41, 5.74) is 1.02. The Hall–Kier alpha value is -1.40. The molecule has 0 spiro atoms. The fourth-order valence-electron chi connectivity index (χ4n) is 7.47. The average molecular weight is 354 g/mol. The third kappa shape index (κ3) is 2.24. The highest BCUT2D eigenvalue weighted by Crippen LogP contribution is 2.67. The summed E-state index contributed by atoms with van der Waals surface area (Å²) in [6, 6.07) is 0. The summed E-state index contributed by atoms with van der Waals surface area (Å²) in [7, 11) is 0. The highest BCUT2D eigenvalue weighted by molar-refractivity contribution is 5.83. The van der Waals surface area contributed by atoms with Crippen LogP contribution in [-0.2, 0) is 9.59 Å². The summed E-state index contributed by atoms with van der Waals surface area (Å²) in [6.07, 6.45) is 14.1. The zero-order valence-corrected chi connectivity index (χ0v) is 16.0. The second kappa shape index (κ2) is 6.06. The van der Waals surface area contributed by atoms with Gasteiger partial charge in [0, 0.05) is 24.2 Å². The van der Waals surface area contributed by atoms with Gasteiger partial charge in [-0.25, -0.2) is 0 Å². The predicted molar refractivity (Wildman–Crippen MR) is 100 cm³/mol. The maximum atomic E-state index is 12.4. The van der Waals surface area contributed by atoms with Crippen molar-refractivity contribution in [2.45, 2.75) is 71.3 Å². The topological polar surface area (TPSA) is 54.4 Å². The number of fused-ring (bicyclic) bond motifs is 5. The molecule has 3 nitrogen and oxygen atoms in total. The lowest BCUT2D eigenvalue weighted by molar-refractivity contribution is -0.138. The minimum absolute atomic E-state index is 0.106. The first kappa shape index (κ1) is 18.0. The molecule has 0 saturated heterocycles. The zero-order chi connectivity index (χ0) is 18.7. The van der Waals surface area contributed by atoms with Crippen molar-refractivity contribution in [1.82, 2.24) is 0 Å². The molecule has 7 atom stereocenters. The van der Waals surface area contributed by atoms with E-state index in [-0.39, 0.29) is 17.1 Å². The van der Waals surface area contributed by atoms with Gasteiger partial charge in [0.2, 0.25) is 0 Å². The van der Waals surface area contributed by atoms with Crippen LogP contribution in [0.2, 0.25) is 0 Å². The van der Waals surface area contributed by atoms with Crippen molar-refractivity contribution in [2.75, 3.05) is 0 Å². The smallest absolute Gasteiger partial charge is 0.136 e. The minimum Gasteiger partial charge on any atom is -0.380 e. The van der Waals surface area contributed by atoms with Crippen LogP contribution in [0.15, 0.2) is 11.6 Å². The number of carbonyl (C=O) groups excluding carboxylic acids is 2. The fourth-order valence-corrected chi connectivity index (χ4v) is 7.47. The molecular formula is C23H30O3. The highest BCUT2D eigenvalue weighted by atomic mass is 16.3. The van der Waals surface area contributed by atoms with Crippen LogP contribution in [0.25, 0.3) is 0 Å². The van der Waals surface area contributed by atoms with Gasteiger partial charge < -0.3 is 5.11 Å². The number of aliphatic hydroxyl groups excluding tert-OH is 1. The number of aliphatic hydroxyl groups is 1. The Morgan fingerprint density at radius 1 is 1.31 bits per heavy atom. The van der Waals surface area contributed by atoms with Gasteiger partial charge in [-0.3, -0.25) is 9.59 Å². The predicted octanol–water partition coefficient (Wildman–Crippen LogP) is 3.70. The van der Waals surface area contributed by atoms with E-state index in [2.05, 4.69) is 18.9 Å². The van der Waals surface area contributed by atoms with Crippen LogP contribution in [0.3, 0.4) is 0 Å². The SMILES string of the molecule is C#CC(O)[C@]12CC[C@H]3[C@@H](CC=C4CC(=O)CC[C@@]43C)[C@@H]1CC[C@@H]2C(C)=O. The van der Waals surface area contributed by atoms with Crippen LogP contribution in [0.4, 0.5) is 0 Å². The summed E-state index contributed by atoms with van der Waals surface area (Å²) in [4.78, 5) is 24.4. The Morgan fingerprint density at radius 2 is 2.08 bits per heavy atom. The molecule has 4 aliphatic rings. The fraction of sp³-hybridized carbons (Fsp3) is 0.739. The first-order valence-corrected chi connectivity index (χ1v) is 10.2. The molecule has 0 radical (unpaired) electrons. The molecule has 4 aliphatic carbocycles. The average Bonchev–Trinajstić information content (AvgIpc) is 3.02. The number of terminal acetylenes is 1. The van der Waals surface area contributed by atoms with Gasteiger partial charge in [0.15, 0.2) is 0 Å². The van der Waals surface area contributed by atoms with Gasteiger partial charge in [0.05, 0.1) is 0 Å². The molecule has 0 aromatic heterocycles. The molecule has 1 N–H and O–H groups in total. The van der Waals surface area contributed by atoms with Gasteiger partial charge in [-0.1, -0.05) is 24.5 Å². The van der Waals surface area contributed by atoms with E-state index in [0.717, 1.165) is 38.5 Å². The molecule has 140 valence electrons. The molecule has 3 heteroatoms. The molecule has 1 unspecified atom stereocenters. The van der Waals surface area contributed by atoms with Gasteiger partial charge >= 0.3 is 0 Å². The number of Topliss-reactive ketones (excluding diaryl/α,β-unsaturated/α-hetero) is 2. The Kier molecular flexibility index (Phi) is 4.19. The highest BCUT2D eigenvalue weighted by Gasteiger charge is 2.63. The van der Waals surface area contributed by atoms with E-state index >= 15 is 0 Å². The first-order valence-electron chi connectivity index (χ1n) is 10.2. The minimum atomic E-state index is -0.837. The van der Waals surface area contributed by atoms with Gasteiger partial charge in [-0.15, -0.1) is 6.42 Å². The number of ketones is 2. The Morgan fingerprint density at radius 3 is 2.77 bits per heavy atom. The molecule has 0 aromatic carbocycles. The van der Waals surface area contributed by atoms with E-state index in [0.29, 0.717) is 36.4 Å². The number of rotatable bonds is 2. The van der Waals surface area contributed by atoms with Gasteiger partial charge in [-0.05, 0) is 68.6 Å². The van der Waals surface area contributed by atoms with E-state index < -0.39 is 11.5 Å². The number of carbonyl (C=O) groups is 2. The van der Waals surface area contributed by atoms with Crippen LogP contribution in [-0.4, -0.2) is 22.8 Å². The molecule has 0 amide bonds. The van der Waals surface area contributed by atoms with Gasteiger partial charge in [0.1, 0.15) is 17.7 Å². The summed E-state index contributed by atoms with van der Waals surface area (Å²) in [5.74, 6) is 4.37. The molecule has 0 bridgehead atoms. The van der Waals surface area contributed by atoms with Crippen LogP contribution in [0.1, 0.15) is 65.2 Å². The standard InChI is InChI=1S/C23H30O3/c1-4-21(26)23-12-10-19-17(20(23)8-7-18(23)14(2)24)6-5-15-13-16(25)9-11-22(15,19)3/h1,5,17-21,26H,6-13H2,2-3H3/t17-,18-,19+,20+,21?,22+,23+/m1/s1. The number of hydrogen-bond acceptors (Lipinski definition) is 3. The molecule has 0 aliphatic heterocycles. The molecule has 0 aromatic rings. The van der Waals surface area contributed by atoms with Crippen LogP contribution >= 0.6 is 0 Å². The maximum Gasteiger partial charge on any atom is 0.136 e. The van der Waals surface area contributed by atoms with Crippen molar-refractivity contribution in [3.8, 4) is 12.3 Å². The van der Waals surface area contributed by atoms with Crippen molar-refractivity contribution in [1.29, 1.82) is 0 Å². The Balaban J connectivity index is 1.74. The van der Waals surface area contributed by atoms with Crippen LogP contribution < -0.4 is 0 Å². The summed E-state index contributed by atoms with van der Waals surface area (Å²) in [5, 5.41) is 10.8. The van der Waals surface area contributed by atoms with Gasteiger partial charge in [-0.2, -0.15) is 0 Å². The van der Waals surface area contributed by atoms with Gasteiger partial charge in [0.25, 0.3) is 0 Å². The van der Waals surface area contributed by atoms with Crippen molar-refractivity contribution < 1.29 is 14.7 Å². The number of allylic oxidation sites excluding steroid dienone is 2. The second-order valence-corrected chi connectivity index (χ2v) is 9.44. The summed E-state index contributed by atoms with van der Waals surface area (Å²) in [6.45, 7) is 4.02. The Labute approximate surface area is 156 Å². The largest absolute Gasteiger partial charge is 0.380 e. The van der Waals surface area contributed by atoms with E-state index in [9.17, 15) is 14.7 Å². The molecular weight excluding hydrogens is 324 g/mol. The van der Waals surface area contributed by atoms with Crippen molar-refractivity contribution in [3.05, 3.63) is 11.6 Å². The Bertz CT molecular complexity index is 713. The lowest BCUT2D eigenvalue weighted by atomic mass is 9.46. The summed E-state index contributed by atoms with van der Waals surface area (Å²) >= 11 is 0. The van der Waals surface area contributed by atoms with E-state index in [1.54, 1.807) is 6.92 Å². The quantitative estimate of drug-likeness (QED) is 0.608. The lowest BCUT2D eigenvalue weighted by Gasteiger charge is -2.58. The molecule has 4 rings (SSSR count). The van der Waals surface area contributed by atoms with Crippen molar-refractivity contribution in [3.63, 3.8) is 0 Å². The second-order valence-electron chi connectivity index (χ2n) is 9.44. The third-order valence-electron chi connectivity index (χ3n) is 8.68. The van der Waals surface area contributed by atoms with Crippen molar-refractivity contribution in [2.24, 2.45) is 34.5 Å². The first-order chi connectivity index (χ1) is 12.3. The van der Waals surface area contributed by atoms with Crippen LogP contribution in [0, 0.1) is 46.8 Å². The number of hydrogen-bond donors (Lipinski definition) is 1. The van der Waals surface area contributed by atoms with E-state index in [1.807, 2.05) is 0 Å². The molecule has 3 saturated carbocycles. The van der Waals surface area contributed by atoms with Crippen molar-refractivity contribution >= 4 is 11.6 Å². The molecule has 26 heavy (non-hydrogen) atoms. The molecule has 3 fully saturated rings. The summed E-state index contributed by atoms with van der Waals surface area (Å²) < 4.78 is 0. The zero-order valence-electron chi connectivity index (χ0n) is 16.0. The van der Waals surface area contributed by atoms with E-state index in [1.165, 1.54) is 5.57 Å². The lowest BCUT2D eigenvalue weighted by Crippen LogP contribution is -2.55. The monoisotopic (exact) mass is 354 g/mol. The third-order valence-corrected chi connectivity index (χ3v) is 8.68. The van der Waals surface area contributed by atoms with E-state index in [4.69, 9.17) is 6.42 Å². The van der Waals surface area contributed by atoms with Crippen LogP contribution in [0.5, 0.6) is 0 Å². The maximum absolute atomic E-state index is 12.4. The molecule has 0 heterocycles.